The number of carbonyl (C=O) groups is 1. The van der Waals surface area contributed by atoms with E-state index in [1.54, 1.807) is 23.1 Å². The van der Waals surface area contributed by atoms with E-state index in [2.05, 4.69) is 6.07 Å². The van der Waals surface area contributed by atoms with Crippen molar-refractivity contribution in [1.29, 1.82) is 5.26 Å². The lowest BCUT2D eigenvalue weighted by Crippen LogP contribution is -2.50. The van der Waals surface area contributed by atoms with Gasteiger partial charge in [0, 0.05) is 6.54 Å². The van der Waals surface area contributed by atoms with Crippen molar-refractivity contribution in [3.05, 3.63) is 35.4 Å². The van der Waals surface area contributed by atoms with Gasteiger partial charge in [-0.2, -0.15) is 5.26 Å². The molecule has 0 bridgehead atoms. The van der Waals surface area contributed by atoms with Crippen LogP contribution in [0, 0.1) is 11.3 Å². The van der Waals surface area contributed by atoms with Crippen LogP contribution < -0.4 is 0 Å². The number of nitriles is 1. The molecule has 1 N–H and O–H groups in total. The summed E-state index contributed by atoms with van der Waals surface area (Å²) in [6, 6.07) is 9.26. The standard InChI is InChI=1S/C15H18N2O3/c1-15(2,19)14(18)17-6-7-20-13(10-17)12-5-3-4-11(8-12)9-16/h3-5,8,13,19H,6-7,10H2,1-2H3/t13-/m1/s1. The predicted octanol–water partition coefficient (Wildman–Crippen LogP) is 1.23. The zero-order valence-corrected chi connectivity index (χ0v) is 11.7. The fourth-order valence-corrected chi connectivity index (χ4v) is 2.23. The minimum Gasteiger partial charge on any atom is -0.381 e. The molecule has 1 aromatic carbocycles. The van der Waals surface area contributed by atoms with Crippen molar-refractivity contribution < 1.29 is 14.6 Å². The second-order valence-electron chi connectivity index (χ2n) is 5.41. The lowest BCUT2D eigenvalue weighted by molar-refractivity contribution is -0.155. The van der Waals surface area contributed by atoms with Crippen LogP contribution in [-0.2, 0) is 9.53 Å². The van der Waals surface area contributed by atoms with Gasteiger partial charge in [0.1, 0.15) is 11.7 Å². The second-order valence-corrected chi connectivity index (χ2v) is 5.41. The van der Waals surface area contributed by atoms with Gasteiger partial charge in [-0.05, 0) is 31.5 Å². The minimum atomic E-state index is -1.38. The minimum absolute atomic E-state index is 0.261. The summed E-state index contributed by atoms with van der Waals surface area (Å²) in [5, 5.41) is 18.7. The third-order valence-corrected chi connectivity index (χ3v) is 3.26. The third kappa shape index (κ3) is 3.16. The molecule has 0 spiro atoms. The molecule has 2 rings (SSSR count). The summed E-state index contributed by atoms with van der Waals surface area (Å²) < 4.78 is 5.67. The zero-order chi connectivity index (χ0) is 14.8. The summed E-state index contributed by atoms with van der Waals surface area (Å²) in [5.74, 6) is -0.303. The van der Waals surface area contributed by atoms with Crippen molar-refractivity contribution in [3.8, 4) is 6.07 Å². The first-order chi connectivity index (χ1) is 9.41. The van der Waals surface area contributed by atoms with Gasteiger partial charge in [0.25, 0.3) is 5.91 Å². The van der Waals surface area contributed by atoms with E-state index in [0.717, 1.165) is 5.56 Å². The lowest BCUT2D eigenvalue weighted by Gasteiger charge is -2.36. The highest BCUT2D eigenvalue weighted by molar-refractivity contribution is 5.84. The number of aliphatic hydroxyl groups is 1. The first-order valence-electron chi connectivity index (χ1n) is 6.55. The van der Waals surface area contributed by atoms with Crippen LogP contribution in [-0.4, -0.2) is 41.2 Å². The van der Waals surface area contributed by atoms with Gasteiger partial charge in [-0.1, -0.05) is 12.1 Å². The Balaban J connectivity index is 2.15. The van der Waals surface area contributed by atoms with Crippen LogP contribution in [0.25, 0.3) is 0 Å². The molecule has 1 aliphatic heterocycles. The number of hydrogen-bond acceptors (Lipinski definition) is 4. The van der Waals surface area contributed by atoms with Crippen molar-refractivity contribution in [2.45, 2.75) is 25.6 Å². The van der Waals surface area contributed by atoms with Gasteiger partial charge in [0.05, 0.1) is 24.8 Å². The number of hydrogen-bond donors (Lipinski definition) is 1. The number of amides is 1. The normalized spacial score (nSPS) is 19.5. The maximum atomic E-state index is 12.1. The molecular weight excluding hydrogens is 256 g/mol. The summed E-state index contributed by atoms with van der Waals surface area (Å²) >= 11 is 0. The van der Waals surface area contributed by atoms with Crippen molar-refractivity contribution >= 4 is 5.91 Å². The van der Waals surface area contributed by atoms with Crippen LogP contribution >= 0.6 is 0 Å². The molecule has 0 aliphatic carbocycles. The van der Waals surface area contributed by atoms with Crippen molar-refractivity contribution in [2.24, 2.45) is 0 Å². The lowest BCUT2D eigenvalue weighted by atomic mass is 10.0. The zero-order valence-electron chi connectivity index (χ0n) is 11.7. The highest BCUT2D eigenvalue weighted by atomic mass is 16.5. The highest BCUT2D eigenvalue weighted by Gasteiger charge is 2.33. The number of morpholine rings is 1. The Hall–Kier alpha value is -1.90. The molecule has 106 valence electrons. The summed E-state index contributed by atoms with van der Waals surface area (Å²) in [7, 11) is 0. The average Bonchev–Trinajstić information content (AvgIpc) is 2.45. The molecule has 1 aromatic rings. The number of carbonyl (C=O) groups excluding carboxylic acids is 1. The summed E-state index contributed by atoms with van der Waals surface area (Å²) in [4.78, 5) is 13.7. The first-order valence-corrected chi connectivity index (χ1v) is 6.55. The number of ether oxygens (including phenoxy) is 1. The van der Waals surface area contributed by atoms with Gasteiger partial charge in [-0.15, -0.1) is 0 Å². The fraction of sp³-hybridized carbons (Fsp3) is 0.467. The molecular formula is C15H18N2O3. The van der Waals surface area contributed by atoms with E-state index >= 15 is 0 Å². The molecule has 0 unspecified atom stereocenters. The van der Waals surface area contributed by atoms with Gasteiger partial charge >= 0.3 is 0 Å². The fourth-order valence-electron chi connectivity index (χ4n) is 2.23. The van der Waals surface area contributed by atoms with E-state index in [9.17, 15) is 9.90 Å². The second kappa shape index (κ2) is 5.61. The molecule has 1 heterocycles. The molecule has 5 heteroatoms. The van der Waals surface area contributed by atoms with Gasteiger partial charge in [0.2, 0.25) is 0 Å². The average molecular weight is 274 g/mol. The van der Waals surface area contributed by atoms with E-state index in [0.29, 0.717) is 25.3 Å². The van der Waals surface area contributed by atoms with E-state index in [1.807, 2.05) is 6.07 Å². The smallest absolute Gasteiger partial charge is 0.254 e. The highest BCUT2D eigenvalue weighted by Crippen LogP contribution is 2.24. The Morgan fingerprint density at radius 3 is 2.95 bits per heavy atom. The largest absolute Gasteiger partial charge is 0.381 e. The van der Waals surface area contributed by atoms with Crippen LogP contribution in [0.4, 0.5) is 0 Å². The molecule has 5 nitrogen and oxygen atoms in total. The first kappa shape index (κ1) is 14.5. The summed E-state index contributed by atoms with van der Waals surface area (Å²) in [6.45, 7) is 4.24. The van der Waals surface area contributed by atoms with Crippen molar-refractivity contribution in [2.75, 3.05) is 19.7 Å². The van der Waals surface area contributed by atoms with Crippen molar-refractivity contribution in [1.82, 2.24) is 4.90 Å². The van der Waals surface area contributed by atoms with E-state index < -0.39 is 5.60 Å². The molecule has 1 amide bonds. The molecule has 20 heavy (non-hydrogen) atoms. The molecule has 0 saturated carbocycles. The van der Waals surface area contributed by atoms with Gasteiger partial charge < -0.3 is 14.7 Å². The molecule has 1 atom stereocenters. The van der Waals surface area contributed by atoms with Crippen LogP contribution in [0.1, 0.15) is 31.1 Å². The number of nitrogens with zero attached hydrogens (tertiary/aromatic N) is 2. The topological polar surface area (TPSA) is 73.6 Å². The van der Waals surface area contributed by atoms with Crippen LogP contribution in [0.2, 0.25) is 0 Å². The summed E-state index contributed by atoms with van der Waals surface area (Å²) in [5.41, 5.74) is 0.0606. The molecule has 1 fully saturated rings. The predicted molar refractivity (Wildman–Crippen MR) is 72.7 cm³/mol. The van der Waals surface area contributed by atoms with Gasteiger partial charge in [-0.3, -0.25) is 4.79 Å². The Bertz CT molecular complexity index is 543. The number of benzene rings is 1. The monoisotopic (exact) mass is 274 g/mol. The van der Waals surface area contributed by atoms with E-state index in [-0.39, 0.29) is 12.0 Å². The Kier molecular flexibility index (Phi) is 4.07. The van der Waals surface area contributed by atoms with E-state index in [4.69, 9.17) is 10.00 Å². The van der Waals surface area contributed by atoms with Crippen LogP contribution in [0.15, 0.2) is 24.3 Å². The van der Waals surface area contributed by atoms with Gasteiger partial charge in [0.15, 0.2) is 0 Å². The summed E-state index contributed by atoms with van der Waals surface area (Å²) in [6.07, 6.45) is -0.261. The maximum Gasteiger partial charge on any atom is 0.254 e. The van der Waals surface area contributed by atoms with Crippen LogP contribution in [0.3, 0.4) is 0 Å². The molecule has 1 aliphatic rings. The maximum absolute atomic E-state index is 12.1. The SMILES string of the molecule is CC(C)(O)C(=O)N1CCO[C@@H](c2cccc(C#N)c2)C1. The quantitative estimate of drug-likeness (QED) is 0.880. The third-order valence-electron chi connectivity index (χ3n) is 3.26. The molecule has 0 aromatic heterocycles. The Labute approximate surface area is 118 Å². The molecule has 0 radical (unpaired) electrons. The molecule has 1 saturated heterocycles. The van der Waals surface area contributed by atoms with E-state index in [1.165, 1.54) is 13.8 Å². The number of rotatable bonds is 2. The van der Waals surface area contributed by atoms with Crippen LogP contribution in [0.5, 0.6) is 0 Å². The Morgan fingerprint density at radius 1 is 1.55 bits per heavy atom. The Morgan fingerprint density at radius 2 is 2.30 bits per heavy atom. The van der Waals surface area contributed by atoms with Crippen molar-refractivity contribution in [3.63, 3.8) is 0 Å². The van der Waals surface area contributed by atoms with Gasteiger partial charge in [-0.25, -0.2) is 0 Å².